The van der Waals surface area contributed by atoms with Gasteiger partial charge in [-0.15, -0.1) is 0 Å². The number of nitrogens with one attached hydrogen (secondary N) is 1. The Morgan fingerprint density at radius 1 is 1.20 bits per heavy atom. The van der Waals surface area contributed by atoms with E-state index >= 15 is 0 Å². The molecular weight excluding hydrogens is 386 g/mol. The van der Waals surface area contributed by atoms with E-state index in [9.17, 15) is 14.4 Å². The van der Waals surface area contributed by atoms with Crippen LogP contribution in [0.4, 0.5) is 5.95 Å². The molecule has 2 amide bonds. The zero-order valence-electron chi connectivity index (χ0n) is 17.2. The second-order valence-corrected chi connectivity index (χ2v) is 8.59. The van der Waals surface area contributed by atoms with Crippen molar-refractivity contribution in [2.45, 2.75) is 26.7 Å². The molecular formula is C21H25N5O4. The number of carbonyl (C=O) groups is 3. The maximum atomic E-state index is 12.4. The number of hydrogen-bond acceptors (Lipinski definition) is 7. The molecule has 1 N–H and O–H groups in total. The Morgan fingerprint density at radius 3 is 2.67 bits per heavy atom. The van der Waals surface area contributed by atoms with Crippen LogP contribution < -0.4 is 5.32 Å². The summed E-state index contributed by atoms with van der Waals surface area (Å²) in [5, 5.41) is 2.73. The van der Waals surface area contributed by atoms with E-state index in [0.717, 1.165) is 0 Å². The standard InChI is InChI=1S/C21H25N5O4/c1-21(2)10-15-14(16(27)11-21)12-22-20(23-15)24-18(28)13-25-5-7-26(8-6-25)19(29)17-4-3-9-30-17/h3-4,9,12H,5-8,10-11,13H2,1-2H3,(H,22,23,24,28). The molecule has 0 atom stereocenters. The van der Waals surface area contributed by atoms with Crippen molar-refractivity contribution in [1.29, 1.82) is 0 Å². The van der Waals surface area contributed by atoms with E-state index in [4.69, 9.17) is 4.42 Å². The summed E-state index contributed by atoms with van der Waals surface area (Å²) in [5.41, 5.74) is 1.09. The van der Waals surface area contributed by atoms with Gasteiger partial charge >= 0.3 is 0 Å². The van der Waals surface area contributed by atoms with Crippen molar-refractivity contribution < 1.29 is 18.8 Å². The first-order chi connectivity index (χ1) is 14.3. The molecule has 0 spiro atoms. The van der Waals surface area contributed by atoms with Crippen LogP contribution in [-0.4, -0.2) is 70.1 Å². The van der Waals surface area contributed by atoms with Crippen molar-refractivity contribution in [2.24, 2.45) is 5.41 Å². The fourth-order valence-electron chi connectivity index (χ4n) is 3.92. The van der Waals surface area contributed by atoms with E-state index in [1.807, 2.05) is 18.7 Å². The summed E-state index contributed by atoms with van der Waals surface area (Å²) in [6, 6.07) is 3.34. The van der Waals surface area contributed by atoms with Crippen LogP contribution in [0.3, 0.4) is 0 Å². The Balaban J connectivity index is 1.31. The number of ketones is 1. The first-order valence-electron chi connectivity index (χ1n) is 10.0. The Morgan fingerprint density at radius 2 is 1.97 bits per heavy atom. The molecule has 2 aliphatic rings. The molecule has 0 bridgehead atoms. The summed E-state index contributed by atoms with van der Waals surface area (Å²) in [6.45, 7) is 6.49. The number of aromatic nitrogens is 2. The first kappa shape index (κ1) is 20.2. The lowest BCUT2D eigenvalue weighted by Crippen LogP contribution is -2.50. The number of nitrogens with zero attached hydrogens (tertiary/aromatic N) is 4. The molecule has 0 aromatic carbocycles. The van der Waals surface area contributed by atoms with Crippen LogP contribution in [0.25, 0.3) is 0 Å². The number of furan rings is 1. The third kappa shape index (κ3) is 4.40. The van der Waals surface area contributed by atoms with Crippen LogP contribution in [0.2, 0.25) is 0 Å². The minimum absolute atomic E-state index is 0.0427. The molecule has 9 heteroatoms. The lowest BCUT2D eigenvalue weighted by Gasteiger charge is -2.33. The molecule has 0 saturated carbocycles. The summed E-state index contributed by atoms with van der Waals surface area (Å²) in [6.07, 6.45) is 4.14. The van der Waals surface area contributed by atoms with Crippen molar-refractivity contribution in [1.82, 2.24) is 19.8 Å². The van der Waals surface area contributed by atoms with E-state index in [1.54, 1.807) is 17.0 Å². The summed E-state index contributed by atoms with van der Waals surface area (Å²) >= 11 is 0. The normalized spacial score (nSPS) is 18.7. The van der Waals surface area contributed by atoms with E-state index in [-0.39, 0.29) is 35.5 Å². The number of piperazine rings is 1. The van der Waals surface area contributed by atoms with Gasteiger partial charge in [0.25, 0.3) is 5.91 Å². The maximum Gasteiger partial charge on any atom is 0.289 e. The predicted molar refractivity (Wildman–Crippen MR) is 108 cm³/mol. The van der Waals surface area contributed by atoms with E-state index in [2.05, 4.69) is 15.3 Å². The molecule has 0 unspecified atom stereocenters. The highest BCUT2D eigenvalue weighted by Crippen LogP contribution is 2.33. The van der Waals surface area contributed by atoms with Gasteiger partial charge in [0.05, 0.1) is 24.1 Å². The molecule has 3 heterocycles. The molecule has 1 aliphatic carbocycles. The fourth-order valence-corrected chi connectivity index (χ4v) is 3.92. The summed E-state index contributed by atoms with van der Waals surface area (Å²) in [5.74, 6) is 0.232. The van der Waals surface area contributed by atoms with Gasteiger partial charge in [0.15, 0.2) is 11.5 Å². The van der Waals surface area contributed by atoms with Gasteiger partial charge in [-0.3, -0.25) is 24.6 Å². The highest BCUT2D eigenvalue weighted by Gasteiger charge is 2.32. The molecule has 1 aliphatic heterocycles. The van der Waals surface area contributed by atoms with E-state index in [0.29, 0.717) is 56.0 Å². The topological polar surface area (TPSA) is 109 Å². The number of amides is 2. The quantitative estimate of drug-likeness (QED) is 0.814. The minimum atomic E-state index is -0.220. The summed E-state index contributed by atoms with van der Waals surface area (Å²) in [4.78, 5) is 49.2. The third-order valence-electron chi connectivity index (χ3n) is 5.46. The largest absolute Gasteiger partial charge is 0.459 e. The monoisotopic (exact) mass is 411 g/mol. The highest BCUT2D eigenvalue weighted by molar-refractivity contribution is 5.98. The molecule has 9 nitrogen and oxygen atoms in total. The van der Waals surface area contributed by atoms with Crippen LogP contribution in [0.1, 0.15) is 46.9 Å². The van der Waals surface area contributed by atoms with Crippen LogP contribution in [0, 0.1) is 5.41 Å². The first-order valence-corrected chi connectivity index (χ1v) is 10.0. The Labute approximate surface area is 174 Å². The van der Waals surface area contributed by atoms with Crippen LogP contribution in [0.15, 0.2) is 29.0 Å². The van der Waals surface area contributed by atoms with Gasteiger partial charge in [0.2, 0.25) is 11.9 Å². The molecule has 4 rings (SSSR count). The number of hydrogen-bond donors (Lipinski definition) is 1. The molecule has 1 fully saturated rings. The number of carbonyl (C=O) groups excluding carboxylic acids is 3. The van der Waals surface area contributed by atoms with Gasteiger partial charge in [-0.25, -0.2) is 9.97 Å². The molecule has 1 saturated heterocycles. The van der Waals surface area contributed by atoms with Crippen molar-refractivity contribution >= 4 is 23.5 Å². The Kier molecular flexibility index (Phi) is 5.38. The van der Waals surface area contributed by atoms with Crippen molar-refractivity contribution in [3.05, 3.63) is 41.6 Å². The van der Waals surface area contributed by atoms with Gasteiger partial charge in [-0.05, 0) is 24.0 Å². The zero-order valence-corrected chi connectivity index (χ0v) is 17.2. The minimum Gasteiger partial charge on any atom is -0.459 e. The number of anilines is 1. The smallest absolute Gasteiger partial charge is 0.289 e. The highest BCUT2D eigenvalue weighted by atomic mass is 16.3. The van der Waals surface area contributed by atoms with E-state index in [1.165, 1.54) is 12.5 Å². The average molecular weight is 411 g/mol. The predicted octanol–water partition coefficient (Wildman–Crippen LogP) is 1.62. The SMILES string of the molecule is CC1(C)CC(=O)c2cnc(NC(=O)CN3CCN(C(=O)c4ccco4)CC3)nc2C1. The fraction of sp³-hybridized carbons (Fsp3) is 0.476. The molecule has 2 aromatic rings. The second-order valence-electron chi connectivity index (χ2n) is 8.59. The number of rotatable bonds is 4. The van der Waals surface area contributed by atoms with E-state index < -0.39 is 0 Å². The Bertz CT molecular complexity index is 962. The van der Waals surface area contributed by atoms with Gasteiger partial charge in [-0.1, -0.05) is 13.8 Å². The summed E-state index contributed by atoms with van der Waals surface area (Å²) < 4.78 is 5.16. The lowest BCUT2D eigenvalue weighted by atomic mass is 9.76. The van der Waals surface area contributed by atoms with Gasteiger partial charge in [0, 0.05) is 38.8 Å². The average Bonchev–Trinajstić information content (AvgIpc) is 3.21. The van der Waals surface area contributed by atoms with Crippen molar-refractivity contribution in [2.75, 3.05) is 38.0 Å². The second kappa shape index (κ2) is 7.98. The molecule has 0 radical (unpaired) electrons. The van der Waals surface area contributed by atoms with Gasteiger partial charge < -0.3 is 9.32 Å². The molecule has 2 aromatic heterocycles. The van der Waals surface area contributed by atoms with Crippen molar-refractivity contribution in [3.63, 3.8) is 0 Å². The van der Waals surface area contributed by atoms with Crippen LogP contribution >= 0.6 is 0 Å². The van der Waals surface area contributed by atoms with Gasteiger partial charge in [0.1, 0.15) is 0 Å². The van der Waals surface area contributed by atoms with Crippen LogP contribution in [0.5, 0.6) is 0 Å². The molecule has 158 valence electrons. The van der Waals surface area contributed by atoms with Crippen LogP contribution in [-0.2, 0) is 11.2 Å². The number of Topliss-reactive ketones (excluding diaryl/α,β-unsaturated/α-hetero) is 1. The lowest BCUT2D eigenvalue weighted by molar-refractivity contribution is -0.117. The summed E-state index contributed by atoms with van der Waals surface area (Å²) in [7, 11) is 0. The van der Waals surface area contributed by atoms with Crippen molar-refractivity contribution in [3.8, 4) is 0 Å². The molecule has 30 heavy (non-hydrogen) atoms. The Hall–Kier alpha value is -3.07. The third-order valence-corrected chi connectivity index (χ3v) is 5.46. The maximum absolute atomic E-state index is 12.4. The number of fused-ring (bicyclic) bond motifs is 1. The zero-order chi connectivity index (χ0) is 21.3. The van der Waals surface area contributed by atoms with Gasteiger partial charge in [-0.2, -0.15) is 0 Å².